The van der Waals surface area contributed by atoms with Gasteiger partial charge in [-0.15, -0.1) is 0 Å². The van der Waals surface area contributed by atoms with Crippen LogP contribution < -0.4 is 9.64 Å². The third kappa shape index (κ3) is 4.11. The Balaban J connectivity index is 1.93. The van der Waals surface area contributed by atoms with E-state index in [1.54, 1.807) is 18.0 Å². The number of nitrogens with zero attached hydrogens (tertiary/aromatic N) is 2. The molecule has 1 atom stereocenters. The first kappa shape index (κ1) is 17.7. The van der Waals surface area contributed by atoms with Crippen molar-refractivity contribution in [1.29, 1.82) is 0 Å². The van der Waals surface area contributed by atoms with Gasteiger partial charge in [0.25, 0.3) is 0 Å². The summed E-state index contributed by atoms with van der Waals surface area (Å²) >= 11 is 10.6. The summed E-state index contributed by atoms with van der Waals surface area (Å²) < 4.78 is 6.30. The molecular weight excluding hydrogens is 403 g/mol. The minimum atomic E-state index is 0.233. The van der Waals surface area contributed by atoms with Crippen molar-refractivity contribution < 1.29 is 4.74 Å². The number of hydrogen-bond acceptors (Lipinski definition) is 4. The molecule has 1 aliphatic heterocycles. The van der Waals surface area contributed by atoms with Crippen LogP contribution in [0.4, 0.5) is 5.82 Å². The summed E-state index contributed by atoms with van der Waals surface area (Å²) in [6, 6.07) is 11.5. The van der Waals surface area contributed by atoms with Gasteiger partial charge >= 0.3 is 161 Å². The Morgan fingerprint density at radius 3 is 2.88 bits per heavy atom. The van der Waals surface area contributed by atoms with Crippen molar-refractivity contribution in [2.75, 3.05) is 4.90 Å². The van der Waals surface area contributed by atoms with Crippen LogP contribution in [0.3, 0.4) is 0 Å². The number of aromatic nitrogens is 1. The molecule has 0 saturated heterocycles. The molecule has 124 valence electrons. The van der Waals surface area contributed by atoms with Gasteiger partial charge in [-0.05, 0) is 0 Å². The van der Waals surface area contributed by atoms with E-state index >= 15 is 0 Å². The first-order valence-corrected chi connectivity index (χ1v) is 10.3. The molecule has 2 radical (unpaired) electrons. The number of para-hydroxylation sites is 1. The first-order valence-electron chi connectivity index (χ1n) is 7.89. The Morgan fingerprint density at radius 1 is 1.33 bits per heavy atom. The molecule has 24 heavy (non-hydrogen) atoms. The van der Waals surface area contributed by atoms with Crippen molar-refractivity contribution in [2.24, 2.45) is 0 Å². The zero-order valence-electron chi connectivity index (χ0n) is 13.4. The van der Waals surface area contributed by atoms with Gasteiger partial charge in [-0.2, -0.15) is 0 Å². The number of ether oxygens (including phenoxy) is 1. The first-order chi connectivity index (χ1) is 11.7. The molecule has 1 aromatic carbocycles. The van der Waals surface area contributed by atoms with E-state index in [1.165, 1.54) is 12.1 Å². The summed E-state index contributed by atoms with van der Waals surface area (Å²) in [6.45, 7) is 2.21. The molecule has 0 bridgehead atoms. The number of halogens is 1. The quantitative estimate of drug-likeness (QED) is 0.571. The molecule has 1 unspecified atom stereocenters. The number of allylic oxidation sites excluding steroid dienone is 1. The van der Waals surface area contributed by atoms with Crippen molar-refractivity contribution in [3.63, 3.8) is 0 Å². The van der Waals surface area contributed by atoms with Crippen LogP contribution in [0.2, 0.25) is 5.02 Å². The van der Waals surface area contributed by atoms with Gasteiger partial charge in [0.1, 0.15) is 0 Å². The van der Waals surface area contributed by atoms with Gasteiger partial charge in [0.05, 0.1) is 0 Å². The van der Waals surface area contributed by atoms with Crippen molar-refractivity contribution in [1.82, 2.24) is 4.98 Å². The number of thioether (sulfide) groups is 1. The Labute approximate surface area is 160 Å². The minimum absolute atomic E-state index is 0.233. The Morgan fingerprint density at radius 2 is 2.12 bits per heavy atom. The predicted octanol–water partition coefficient (Wildman–Crippen LogP) is 5.56. The molecular formula is C18H18AsClN2OS. The number of rotatable bonds is 6. The van der Waals surface area contributed by atoms with Crippen LogP contribution in [-0.4, -0.2) is 26.0 Å². The molecule has 0 fully saturated rings. The molecule has 6 heteroatoms. The van der Waals surface area contributed by atoms with Crippen molar-refractivity contribution >= 4 is 46.0 Å². The van der Waals surface area contributed by atoms with E-state index in [0.29, 0.717) is 10.8 Å². The van der Waals surface area contributed by atoms with Gasteiger partial charge < -0.3 is 0 Å². The molecule has 1 aliphatic rings. The molecule has 2 heterocycles. The summed E-state index contributed by atoms with van der Waals surface area (Å²) in [6.07, 6.45) is 5.04. The average Bonchev–Trinajstić information content (AvgIpc) is 2.95. The van der Waals surface area contributed by atoms with Gasteiger partial charge in [-0.25, -0.2) is 0 Å². The number of pyridine rings is 1. The van der Waals surface area contributed by atoms with Crippen LogP contribution in [0.5, 0.6) is 11.5 Å². The van der Waals surface area contributed by atoms with Gasteiger partial charge in [0.15, 0.2) is 0 Å². The van der Waals surface area contributed by atoms with Crippen molar-refractivity contribution in [3.05, 3.63) is 58.7 Å². The summed E-state index contributed by atoms with van der Waals surface area (Å²) in [7, 11) is 0. The Hall–Kier alpha value is -1.09. The van der Waals surface area contributed by atoms with Crippen LogP contribution in [0.15, 0.2) is 53.7 Å². The van der Waals surface area contributed by atoms with E-state index in [-0.39, 0.29) is 4.16 Å². The number of benzene rings is 1. The standard InChI is InChI=1S/C18H18AsClN2OS/c1-2-3-7-14-12-24-18(19)22(14)17-16(10-13(20)11-21-17)23-15-8-5-4-6-9-15/h4-6,8-12,18H,2-3,7H2,1H3. The molecule has 0 aliphatic carbocycles. The zero-order valence-corrected chi connectivity index (χ0v) is 16.8. The summed E-state index contributed by atoms with van der Waals surface area (Å²) in [4.78, 5) is 6.80. The van der Waals surface area contributed by atoms with Crippen LogP contribution in [0.25, 0.3) is 0 Å². The normalized spacial score (nSPS) is 17.0. The van der Waals surface area contributed by atoms with Crippen molar-refractivity contribution in [2.45, 2.75) is 30.3 Å². The molecule has 0 spiro atoms. The molecule has 2 aromatic rings. The third-order valence-electron chi connectivity index (χ3n) is 3.64. The second-order valence-electron chi connectivity index (χ2n) is 5.44. The van der Waals surface area contributed by atoms with E-state index in [4.69, 9.17) is 16.3 Å². The number of unbranched alkanes of at least 4 members (excludes halogenated alkanes) is 1. The fourth-order valence-electron chi connectivity index (χ4n) is 2.46. The summed E-state index contributed by atoms with van der Waals surface area (Å²) in [5.41, 5.74) is 1.28. The van der Waals surface area contributed by atoms with Gasteiger partial charge in [-0.1, -0.05) is 0 Å². The van der Waals surface area contributed by atoms with E-state index in [1.807, 2.05) is 36.4 Å². The fourth-order valence-corrected chi connectivity index (χ4v) is 4.40. The molecule has 3 rings (SSSR count). The Kier molecular flexibility index (Phi) is 6.15. The van der Waals surface area contributed by atoms with Crippen LogP contribution in [-0.2, 0) is 0 Å². The summed E-state index contributed by atoms with van der Waals surface area (Å²) in [5, 5.41) is 2.79. The number of anilines is 1. The van der Waals surface area contributed by atoms with Crippen LogP contribution in [0.1, 0.15) is 26.2 Å². The van der Waals surface area contributed by atoms with E-state index < -0.39 is 0 Å². The topological polar surface area (TPSA) is 25.4 Å². The zero-order chi connectivity index (χ0) is 16.9. The average molecular weight is 421 g/mol. The molecule has 0 amide bonds. The van der Waals surface area contributed by atoms with E-state index in [0.717, 1.165) is 24.4 Å². The maximum absolute atomic E-state index is 6.16. The fraction of sp³-hybridized carbons (Fsp3) is 0.278. The van der Waals surface area contributed by atoms with E-state index in [9.17, 15) is 0 Å². The van der Waals surface area contributed by atoms with Gasteiger partial charge in [0.2, 0.25) is 0 Å². The monoisotopic (exact) mass is 420 g/mol. The summed E-state index contributed by atoms with van der Waals surface area (Å²) in [5.74, 6) is 2.26. The maximum atomic E-state index is 6.16. The second kappa shape index (κ2) is 8.33. The second-order valence-corrected chi connectivity index (χ2v) is 8.61. The molecule has 0 saturated carbocycles. The van der Waals surface area contributed by atoms with Gasteiger partial charge in [0, 0.05) is 0 Å². The SMILES string of the molecule is CCCCC1=CSC([As])N1c1ncc(Cl)cc1Oc1ccccc1. The predicted molar refractivity (Wildman–Crippen MR) is 103 cm³/mol. The van der Waals surface area contributed by atoms with Crippen LogP contribution in [0, 0.1) is 0 Å². The van der Waals surface area contributed by atoms with E-state index in [2.05, 4.69) is 39.1 Å². The molecule has 3 nitrogen and oxygen atoms in total. The van der Waals surface area contributed by atoms with Crippen LogP contribution >= 0.6 is 23.4 Å². The number of hydrogen-bond donors (Lipinski definition) is 0. The molecule has 0 N–H and O–H groups in total. The third-order valence-corrected chi connectivity index (χ3v) is 5.96. The van der Waals surface area contributed by atoms with Gasteiger partial charge in [-0.3, -0.25) is 0 Å². The Bertz CT molecular complexity index is 726. The molecule has 1 aromatic heterocycles. The van der Waals surface area contributed by atoms with Crippen molar-refractivity contribution in [3.8, 4) is 11.5 Å².